The molecular formula is C18H27N3O. The van der Waals surface area contributed by atoms with Crippen LogP contribution in [-0.4, -0.2) is 25.2 Å². The molecule has 120 valence electrons. The lowest BCUT2D eigenvalue weighted by Crippen LogP contribution is -2.45. The maximum atomic E-state index is 6.09. The maximum absolute atomic E-state index is 6.09. The minimum atomic E-state index is -0.168. The molecule has 1 unspecified atom stereocenters. The van der Waals surface area contributed by atoms with E-state index in [1.807, 2.05) is 19.2 Å². The number of guanidine groups is 1. The van der Waals surface area contributed by atoms with E-state index < -0.39 is 0 Å². The van der Waals surface area contributed by atoms with Gasteiger partial charge in [0.15, 0.2) is 5.96 Å². The Labute approximate surface area is 133 Å². The van der Waals surface area contributed by atoms with Crippen molar-refractivity contribution >= 4 is 5.96 Å². The molecule has 3 rings (SSSR count). The van der Waals surface area contributed by atoms with Gasteiger partial charge in [-0.2, -0.15) is 0 Å². The van der Waals surface area contributed by atoms with Crippen molar-refractivity contribution in [3.63, 3.8) is 0 Å². The Morgan fingerprint density at radius 1 is 1.32 bits per heavy atom. The van der Waals surface area contributed by atoms with Crippen molar-refractivity contribution in [1.82, 2.24) is 10.6 Å². The predicted molar refractivity (Wildman–Crippen MR) is 90.3 cm³/mol. The normalized spacial score (nSPS) is 23.4. The van der Waals surface area contributed by atoms with Crippen LogP contribution in [0.4, 0.5) is 0 Å². The Bertz CT molecular complexity index is 549. The maximum Gasteiger partial charge on any atom is 0.191 e. The van der Waals surface area contributed by atoms with Crippen LogP contribution in [0.1, 0.15) is 51.1 Å². The van der Waals surface area contributed by atoms with Gasteiger partial charge in [-0.3, -0.25) is 4.99 Å². The molecule has 4 heteroatoms. The minimum Gasteiger partial charge on any atom is -0.487 e. The largest absolute Gasteiger partial charge is 0.487 e. The fourth-order valence-corrected chi connectivity index (χ4v) is 3.09. The molecule has 1 saturated carbocycles. The van der Waals surface area contributed by atoms with Gasteiger partial charge in [-0.25, -0.2) is 0 Å². The van der Waals surface area contributed by atoms with E-state index >= 15 is 0 Å². The Balaban J connectivity index is 1.66. The van der Waals surface area contributed by atoms with Crippen molar-refractivity contribution in [2.75, 3.05) is 13.6 Å². The lowest BCUT2D eigenvalue weighted by molar-refractivity contribution is 0.0694. The molecule has 4 nitrogen and oxygen atoms in total. The third-order valence-corrected chi connectivity index (χ3v) is 4.45. The van der Waals surface area contributed by atoms with Crippen LogP contribution in [0.25, 0.3) is 0 Å². The number of nitrogens with one attached hydrogen (secondary N) is 2. The Hall–Kier alpha value is -1.71. The highest BCUT2D eigenvalue weighted by Gasteiger charge is 2.34. The zero-order valence-electron chi connectivity index (χ0n) is 13.9. The number of rotatable bonds is 4. The zero-order chi connectivity index (χ0) is 15.6. The SMILES string of the molecule is CN=C(NCCC1CC1)NC1CC(C)(C)Oc2ccccc21. The number of nitrogens with zero attached hydrogens (tertiary/aromatic N) is 1. The second kappa shape index (κ2) is 6.19. The summed E-state index contributed by atoms with van der Waals surface area (Å²) in [5.41, 5.74) is 1.05. The molecule has 22 heavy (non-hydrogen) atoms. The number of ether oxygens (including phenoxy) is 1. The number of aliphatic imine (C=N–C) groups is 1. The first kappa shape index (κ1) is 15.2. The number of para-hydroxylation sites is 1. The molecule has 0 radical (unpaired) electrons. The van der Waals surface area contributed by atoms with E-state index in [0.717, 1.165) is 30.6 Å². The fraction of sp³-hybridized carbons (Fsp3) is 0.611. The fourth-order valence-electron chi connectivity index (χ4n) is 3.09. The third-order valence-electron chi connectivity index (χ3n) is 4.45. The van der Waals surface area contributed by atoms with Crippen molar-refractivity contribution in [3.05, 3.63) is 29.8 Å². The van der Waals surface area contributed by atoms with Crippen LogP contribution in [-0.2, 0) is 0 Å². The van der Waals surface area contributed by atoms with Gasteiger partial charge in [0, 0.05) is 25.6 Å². The molecule has 0 bridgehead atoms. The summed E-state index contributed by atoms with van der Waals surface area (Å²) in [6.45, 7) is 5.28. The average molecular weight is 301 g/mol. The van der Waals surface area contributed by atoms with E-state index in [1.54, 1.807) is 0 Å². The first-order valence-electron chi connectivity index (χ1n) is 8.32. The molecule has 0 aromatic heterocycles. The van der Waals surface area contributed by atoms with Gasteiger partial charge in [0.25, 0.3) is 0 Å². The van der Waals surface area contributed by atoms with Crippen molar-refractivity contribution < 1.29 is 4.74 Å². The zero-order valence-corrected chi connectivity index (χ0v) is 13.9. The molecule has 1 aliphatic carbocycles. The van der Waals surface area contributed by atoms with E-state index in [4.69, 9.17) is 4.74 Å². The molecule has 1 aromatic carbocycles. The lowest BCUT2D eigenvalue weighted by atomic mass is 9.90. The van der Waals surface area contributed by atoms with Crippen molar-refractivity contribution in [1.29, 1.82) is 0 Å². The van der Waals surface area contributed by atoms with Gasteiger partial charge < -0.3 is 15.4 Å². The van der Waals surface area contributed by atoms with E-state index in [-0.39, 0.29) is 11.6 Å². The summed E-state index contributed by atoms with van der Waals surface area (Å²) in [5.74, 6) is 2.80. The van der Waals surface area contributed by atoms with Crippen molar-refractivity contribution in [2.24, 2.45) is 10.9 Å². The second-order valence-corrected chi connectivity index (χ2v) is 7.03. The highest BCUT2D eigenvalue weighted by molar-refractivity contribution is 5.80. The van der Waals surface area contributed by atoms with Crippen LogP contribution in [0.15, 0.2) is 29.3 Å². The van der Waals surface area contributed by atoms with Crippen molar-refractivity contribution in [2.45, 2.75) is 51.2 Å². The number of hydrogen-bond donors (Lipinski definition) is 2. The number of fused-ring (bicyclic) bond motifs is 1. The summed E-state index contributed by atoms with van der Waals surface area (Å²) in [6.07, 6.45) is 4.97. The van der Waals surface area contributed by atoms with E-state index in [2.05, 4.69) is 41.6 Å². The van der Waals surface area contributed by atoms with Crippen LogP contribution in [0.2, 0.25) is 0 Å². The summed E-state index contributed by atoms with van der Waals surface area (Å²) in [7, 11) is 1.84. The average Bonchev–Trinajstić information content (AvgIpc) is 3.29. The molecule has 2 aliphatic rings. The number of hydrogen-bond acceptors (Lipinski definition) is 2. The van der Waals surface area contributed by atoms with E-state index in [1.165, 1.54) is 24.8 Å². The molecule has 0 spiro atoms. The molecule has 1 aliphatic heterocycles. The van der Waals surface area contributed by atoms with Crippen molar-refractivity contribution in [3.8, 4) is 5.75 Å². The van der Waals surface area contributed by atoms with Gasteiger partial charge in [-0.15, -0.1) is 0 Å². The Kier molecular flexibility index (Phi) is 4.27. The summed E-state index contributed by atoms with van der Waals surface area (Å²) in [6, 6.07) is 8.51. The quantitative estimate of drug-likeness (QED) is 0.663. The van der Waals surface area contributed by atoms with Gasteiger partial charge in [-0.05, 0) is 32.3 Å². The van der Waals surface area contributed by atoms with Crippen LogP contribution < -0.4 is 15.4 Å². The lowest BCUT2D eigenvalue weighted by Gasteiger charge is -2.38. The van der Waals surface area contributed by atoms with Gasteiger partial charge in [0.1, 0.15) is 11.4 Å². The third kappa shape index (κ3) is 3.73. The van der Waals surface area contributed by atoms with Crippen LogP contribution >= 0.6 is 0 Å². The predicted octanol–water partition coefficient (Wildman–Crippen LogP) is 3.25. The van der Waals surface area contributed by atoms with Crippen LogP contribution in [0.5, 0.6) is 5.75 Å². The standard InChI is InChI=1S/C18H27N3O/c1-18(2)12-15(14-6-4-5-7-16(14)22-18)21-17(19-3)20-11-10-13-8-9-13/h4-7,13,15H,8-12H2,1-3H3,(H2,19,20,21). The molecular weight excluding hydrogens is 274 g/mol. The van der Waals surface area contributed by atoms with Gasteiger partial charge in [0.05, 0.1) is 6.04 Å². The first-order chi connectivity index (χ1) is 10.6. The number of benzene rings is 1. The van der Waals surface area contributed by atoms with Gasteiger partial charge in [-0.1, -0.05) is 31.0 Å². The highest BCUT2D eigenvalue weighted by atomic mass is 16.5. The molecule has 1 aromatic rings. The molecule has 1 atom stereocenters. The molecule has 1 fully saturated rings. The van der Waals surface area contributed by atoms with Crippen LogP contribution in [0, 0.1) is 5.92 Å². The first-order valence-corrected chi connectivity index (χ1v) is 8.32. The van der Waals surface area contributed by atoms with Gasteiger partial charge in [0.2, 0.25) is 0 Å². The van der Waals surface area contributed by atoms with E-state index in [0.29, 0.717) is 0 Å². The summed E-state index contributed by atoms with van der Waals surface area (Å²) in [4.78, 5) is 4.37. The molecule has 1 heterocycles. The topological polar surface area (TPSA) is 45.7 Å². The highest BCUT2D eigenvalue weighted by Crippen LogP contribution is 2.39. The Morgan fingerprint density at radius 3 is 2.82 bits per heavy atom. The monoisotopic (exact) mass is 301 g/mol. The van der Waals surface area contributed by atoms with Gasteiger partial charge >= 0.3 is 0 Å². The minimum absolute atomic E-state index is 0.168. The van der Waals surface area contributed by atoms with Crippen LogP contribution in [0.3, 0.4) is 0 Å². The van der Waals surface area contributed by atoms with E-state index in [9.17, 15) is 0 Å². The molecule has 2 N–H and O–H groups in total. The summed E-state index contributed by atoms with van der Waals surface area (Å²) >= 11 is 0. The molecule has 0 saturated heterocycles. The molecule has 0 amide bonds. The smallest absolute Gasteiger partial charge is 0.191 e. The summed E-state index contributed by atoms with van der Waals surface area (Å²) in [5, 5.41) is 7.01. The second-order valence-electron chi connectivity index (χ2n) is 7.03. The summed E-state index contributed by atoms with van der Waals surface area (Å²) < 4.78 is 6.09. The Morgan fingerprint density at radius 2 is 2.09 bits per heavy atom.